The highest BCUT2D eigenvalue weighted by Gasteiger charge is 2.43. The van der Waals surface area contributed by atoms with Crippen molar-refractivity contribution < 1.29 is 34.1 Å². The fraction of sp³-hybridized carbons (Fsp3) is 0.353. The van der Waals surface area contributed by atoms with Gasteiger partial charge in [-0.25, -0.2) is 0 Å². The zero-order valence-electron chi connectivity index (χ0n) is 14.1. The van der Waals surface area contributed by atoms with Gasteiger partial charge in [0, 0.05) is 0 Å². The molecule has 25 heavy (non-hydrogen) atoms. The highest BCUT2D eigenvalue weighted by Crippen LogP contribution is 2.40. The summed E-state index contributed by atoms with van der Waals surface area (Å²) in [5.41, 5.74) is 0.287. The van der Waals surface area contributed by atoms with Gasteiger partial charge in [0.15, 0.2) is 23.0 Å². The molecule has 0 aliphatic carbocycles. The van der Waals surface area contributed by atoms with Crippen LogP contribution in [0.15, 0.2) is 29.5 Å². The summed E-state index contributed by atoms with van der Waals surface area (Å²) in [6.45, 7) is 2.82. The molecule has 0 bridgehead atoms. The number of hydrogen-bond acceptors (Lipinski definition) is 7. The van der Waals surface area contributed by atoms with Gasteiger partial charge >= 0.3 is 5.97 Å². The van der Waals surface area contributed by atoms with Gasteiger partial charge in [-0.1, -0.05) is 6.07 Å². The summed E-state index contributed by atoms with van der Waals surface area (Å²) < 4.78 is 9.89. The minimum atomic E-state index is -0.982. The lowest BCUT2D eigenvalue weighted by atomic mass is 9.96. The molecule has 0 aromatic heterocycles. The number of benzene rings is 1. The predicted octanol–water partition coefficient (Wildman–Crippen LogP) is 1.25. The smallest absolute Gasteiger partial charge is 0.325 e. The summed E-state index contributed by atoms with van der Waals surface area (Å²) in [4.78, 5) is 37.0. The van der Waals surface area contributed by atoms with Crippen LogP contribution in [-0.2, 0) is 19.1 Å². The van der Waals surface area contributed by atoms with Crippen molar-refractivity contribution in [2.24, 2.45) is 0 Å². The molecule has 1 amide bonds. The van der Waals surface area contributed by atoms with Gasteiger partial charge in [-0.05, 0) is 31.5 Å². The van der Waals surface area contributed by atoms with Crippen LogP contribution in [0.4, 0.5) is 0 Å². The van der Waals surface area contributed by atoms with E-state index in [1.54, 1.807) is 6.92 Å². The second kappa shape index (κ2) is 7.25. The number of ketones is 1. The van der Waals surface area contributed by atoms with Crippen molar-refractivity contribution >= 4 is 17.7 Å². The Bertz CT molecular complexity index is 753. The summed E-state index contributed by atoms with van der Waals surface area (Å²) in [5.74, 6) is -2.68. The number of aliphatic hydroxyl groups is 1. The summed E-state index contributed by atoms with van der Waals surface area (Å²) in [7, 11) is 1.17. The van der Waals surface area contributed by atoms with Gasteiger partial charge in [0.05, 0.1) is 25.3 Å². The molecule has 1 aromatic rings. The monoisotopic (exact) mass is 349 g/mol. The lowest BCUT2D eigenvalue weighted by molar-refractivity contribution is -0.146. The third-order valence-corrected chi connectivity index (χ3v) is 3.81. The van der Waals surface area contributed by atoms with Crippen molar-refractivity contribution in [3.05, 3.63) is 35.1 Å². The van der Waals surface area contributed by atoms with Crippen LogP contribution in [0.25, 0.3) is 0 Å². The summed E-state index contributed by atoms with van der Waals surface area (Å²) in [6, 6.07) is 3.32. The number of methoxy groups -OCH3 is 1. The van der Waals surface area contributed by atoms with Crippen LogP contribution in [-0.4, -0.2) is 53.0 Å². The first kappa shape index (κ1) is 18.3. The topological polar surface area (TPSA) is 113 Å². The summed E-state index contributed by atoms with van der Waals surface area (Å²) >= 11 is 0. The Hall–Kier alpha value is -3.03. The first-order valence-corrected chi connectivity index (χ1v) is 7.59. The van der Waals surface area contributed by atoms with Crippen molar-refractivity contribution in [2.75, 3.05) is 20.3 Å². The Morgan fingerprint density at radius 3 is 2.52 bits per heavy atom. The number of Topliss-reactive ketones (excluding diaryl/α,β-unsaturated/α-hetero) is 1. The number of rotatable bonds is 6. The fourth-order valence-electron chi connectivity index (χ4n) is 2.70. The number of ether oxygens (including phenoxy) is 2. The van der Waals surface area contributed by atoms with Crippen LogP contribution in [0.5, 0.6) is 11.5 Å². The minimum Gasteiger partial charge on any atom is -0.504 e. The lowest BCUT2D eigenvalue weighted by Gasteiger charge is -2.25. The first-order chi connectivity index (χ1) is 11.8. The predicted molar refractivity (Wildman–Crippen MR) is 86.1 cm³/mol. The third-order valence-electron chi connectivity index (χ3n) is 3.81. The molecule has 8 nitrogen and oxygen atoms in total. The average molecular weight is 349 g/mol. The molecule has 8 heteroatoms. The number of nitrogens with zero attached hydrogens (tertiary/aromatic N) is 1. The van der Waals surface area contributed by atoms with Crippen molar-refractivity contribution in [2.45, 2.75) is 19.9 Å². The summed E-state index contributed by atoms with van der Waals surface area (Å²) in [5, 5.41) is 19.9. The molecule has 1 aromatic carbocycles. The molecule has 1 aliphatic rings. The second-order valence-corrected chi connectivity index (χ2v) is 5.39. The highest BCUT2D eigenvalue weighted by atomic mass is 16.5. The van der Waals surface area contributed by atoms with Gasteiger partial charge < -0.3 is 24.6 Å². The molecule has 1 atom stereocenters. The van der Waals surface area contributed by atoms with E-state index in [9.17, 15) is 24.6 Å². The maximum atomic E-state index is 12.3. The maximum absolute atomic E-state index is 12.3. The van der Waals surface area contributed by atoms with Crippen LogP contribution in [0.3, 0.4) is 0 Å². The van der Waals surface area contributed by atoms with E-state index in [2.05, 4.69) is 4.74 Å². The molecule has 2 rings (SSSR count). The molecule has 134 valence electrons. The van der Waals surface area contributed by atoms with E-state index in [0.717, 1.165) is 4.90 Å². The molecular formula is C17H19NO7. The second-order valence-electron chi connectivity index (χ2n) is 5.39. The Morgan fingerprint density at radius 2 is 1.96 bits per heavy atom. The number of phenolic OH excluding ortho intramolecular Hbond substituents is 1. The first-order valence-electron chi connectivity index (χ1n) is 7.59. The summed E-state index contributed by atoms with van der Waals surface area (Å²) in [6.07, 6.45) is 0. The molecule has 1 heterocycles. The molecule has 0 spiro atoms. The molecule has 0 fully saturated rings. The Balaban J connectivity index is 2.55. The van der Waals surface area contributed by atoms with E-state index in [0.29, 0.717) is 12.2 Å². The zero-order chi connectivity index (χ0) is 18.7. The quantitative estimate of drug-likeness (QED) is 0.743. The van der Waals surface area contributed by atoms with Gasteiger partial charge in [-0.3, -0.25) is 14.4 Å². The molecule has 0 saturated heterocycles. The van der Waals surface area contributed by atoms with E-state index in [4.69, 9.17) is 4.74 Å². The molecular weight excluding hydrogens is 330 g/mol. The Morgan fingerprint density at radius 1 is 1.28 bits per heavy atom. The van der Waals surface area contributed by atoms with E-state index in [-0.39, 0.29) is 17.1 Å². The standard InChI is InChI=1S/C17H19NO7/c1-4-25-12-7-10(5-6-11(12)20)15-14(9(2)19)16(22)17(23)18(15)8-13(21)24-3/h5-7,15,20,22H,4,8H2,1-3H3. The van der Waals surface area contributed by atoms with Gasteiger partial charge in [-0.2, -0.15) is 0 Å². The van der Waals surface area contributed by atoms with Crippen molar-refractivity contribution in [3.8, 4) is 11.5 Å². The van der Waals surface area contributed by atoms with Gasteiger partial charge in [0.25, 0.3) is 5.91 Å². The minimum absolute atomic E-state index is 0.105. The number of amides is 1. The molecule has 2 N–H and O–H groups in total. The zero-order valence-corrected chi connectivity index (χ0v) is 14.1. The number of aliphatic hydroxyl groups excluding tert-OH is 1. The number of carbonyl (C=O) groups excluding carboxylic acids is 3. The number of phenols is 1. The van der Waals surface area contributed by atoms with Crippen molar-refractivity contribution in [1.29, 1.82) is 0 Å². The van der Waals surface area contributed by atoms with E-state index >= 15 is 0 Å². The van der Waals surface area contributed by atoms with Gasteiger partial charge in [0.1, 0.15) is 6.54 Å². The molecule has 0 saturated carbocycles. The third kappa shape index (κ3) is 3.42. The number of hydrogen-bond donors (Lipinski definition) is 2. The van der Waals surface area contributed by atoms with Crippen LogP contribution in [0, 0.1) is 0 Å². The van der Waals surface area contributed by atoms with Crippen molar-refractivity contribution in [1.82, 2.24) is 4.90 Å². The molecule has 1 unspecified atom stereocenters. The number of esters is 1. The number of carbonyl (C=O) groups is 3. The van der Waals surface area contributed by atoms with E-state index in [1.807, 2.05) is 0 Å². The van der Waals surface area contributed by atoms with Crippen LogP contribution in [0.2, 0.25) is 0 Å². The van der Waals surface area contributed by atoms with Crippen LogP contribution >= 0.6 is 0 Å². The maximum Gasteiger partial charge on any atom is 0.325 e. The Kier molecular flexibility index (Phi) is 5.31. The van der Waals surface area contributed by atoms with Gasteiger partial charge in [-0.15, -0.1) is 0 Å². The van der Waals surface area contributed by atoms with Gasteiger partial charge in [0.2, 0.25) is 0 Å². The Labute approximate surface area is 144 Å². The molecule has 1 aliphatic heterocycles. The number of aromatic hydroxyl groups is 1. The van der Waals surface area contributed by atoms with Crippen LogP contribution < -0.4 is 4.74 Å². The lowest BCUT2D eigenvalue weighted by Crippen LogP contribution is -2.36. The average Bonchev–Trinajstić information content (AvgIpc) is 2.82. The highest BCUT2D eigenvalue weighted by molar-refractivity contribution is 6.08. The van der Waals surface area contributed by atoms with E-state index in [1.165, 1.54) is 32.2 Å². The normalized spacial score (nSPS) is 17.0. The fourth-order valence-corrected chi connectivity index (χ4v) is 2.70. The van der Waals surface area contributed by atoms with Crippen LogP contribution in [0.1, 0.15) is 25.5 Å². The van der Waals surface area contributed by atoms with Crippen molar-refractivity contribution in [3.63, 3.8) is 0 Å². The molecule has 0 radical (unpaired) electrons. The largest absolute Gasteiger partial charge is 0.504 e. The van der Waals surface area contributed by atoms with E-state index < -0.39 is 36.0 Å². The SMILES string of the molecule is CCOc1cc(C2C(C(C)=O)=C(O)C(=O)N2CC(=O)OC)ccc1O.